The van der Waals surface area contributed by atoms with E-state index in [1.807, 2.05) is 0 Å². The summed E-state index contributed by atoms with van der Waals surface area (Å²) in [5.74, 6) is -1.28. The number of rotatable bonds is 2. The van der Waals surface area contributed by atoms with Gasteiger partial charge in [-0.25, -0.2) is 0 Å². The molecule has 2 aromatic rings. The van der Waals surface area contributed by atoms with Crippen molar-refractivity contribution >= 4 is 28.3 Å². The molecule has 0 amide bonds. The van der Waals surface area contributed by atoms with Gasteiger partial charge in [-0.05, 0) is 12.1 Å². The van der Waals surface area contributed by atoms with Gasteiger partial charge in [0, 0.05) is 12.0 Å². The zero-order valence-corrected chi connectivity index (χ0v) is 10.4. The van der Waals surface area contributed by atoms with Crippen molar-refractivity contribution in [2.75, 3.05) is 0 Å². The molecule has 1 aliphatic rings. The van der Waals surface area contributed by atoms with Gasteiger partial charge >= 0.3 is 5.97 Å². The predicted octanol–water partition coefficient (Wildman–Crippen LogP) is 2.24. The van der Waals surface area contributed by atoms with Crippen LogP contribution in [0.2, 0.25) is 0 Å². The molecule has 20 heavy (non-hydrogen) atoms. The monoisotopic (exact) mass is 270 g/mol. The van der Waals surface area contributed by atoms with Crippen LogP contribution in [0.25, 0.3) is 16.5 Å². The number of carbonyl (C=O) groups is 2. The fourth-order valence-electron chi connectivity index (χ4n) is 2.35. The number of hydrogen-bond donors (Lipinski definition) is 1. The third kappa shape index (κ3) is 1.84. The molecule has 0 saturated carbocycles. The van der Waals surface area contributed by atoms with Gasteiger partial charge in [0.2, 0.25) is 5.43 Å². The summed E-state index contributed by atoms with van der Waals surface area (Å²) >= 11 is 0. The van der Waals surface area contributed by atoms with Crippen LogP contribution in [-0.2, 0) is 4.79 Å². The summed E-state index contributed by atoms with van der Waals surface area (Å²) in [6.07, 6.45) is 1.26. The Morgan fingerprint density at radius 1 is 1.25 bits per heavy atom. The van der Waals surface area contributed by atoms with Crippen LogP contribution in [-0.4, -0.2) is 16.9 Å². The lowest BCUT2D eigenvalue weighted by Crippen LogP contribution is -2.21. The Kier molecular flexibility index (Phi) is 2.75. The third-order valence-electron chi connectivity index (χ3n) is 3.24. The molecule has 100 valence electrons. The van der Waals surface area contributed by atoms with Gasteiger partial charge in [-0.15, -0.1) is 0 Å². The van der Waals surface area contributed by atoms with Gasteiger partial charge < -0.3 is 9.52 Å². The first-order valence-corrected chi connectivity index (χ1v) is 6.08. The molecule has 1 aromatic heterocycles. The Morgan fingerprint density at radius 2 is 2.00 bits per heavy atom. The van der Waals surface area contributed by atoms with E-state index in [1.54, 1.807) is 24.3 Å². The quantitative estimate of drug-likeness (QED) is 0.904. The van der Waals surface area contributed by atoms with Gasteiger partial charge in [-0.3, -0.25) is 14.4 Å². The third-order valence-corrected chi connectivity index (χ3v) is 3.24. The van der Waals surface area contributed by atoms with E-state index >= 15 is 0 Å². The molecule has 3 rings (SSSR count). The van der Waals surface area contributed by atoms with Crippen LogP contribution < -0.4 is 5.43 Å². The molecule has 5 nitrogen and oxygen atoms in total. The lowest BCUT2D eigenvalue weighted by atomic mass is 9.92. The fraction of sp³-hybridized carbons (Fsp3) is 0.133. The molecular formula is C15H10O5. The zero-order valence-electron chi connectivity index (χ0n) is 10.4. The van der Waals surface area contributed by atoms with Crippen LogP contribution in [0, 0.1) is 0 Å². The Hall–Kier alpha value is -2.69. The molecule has 5 heteroatoms. The molecule has 0 bridgehead atoms. The van der Waals surface area contributed by atoms with Gasteiger partial charge in [0.25, 0.3) is 0 Å². The highest BCUT2D eigenvalue weighted by Gasteiger charge is 2.27. The second kappa shape index (κ2) is 4.45. The minimum Gasteiger partial charge on any atom is -0.481 e. The predicted molar refractivity (Wildman–Crippen MR) is 71.7 cm³/mol. The van der Waals surface area contributed by atoms with Crippen LogP contribution in [0.1, 0.15) is 29.0 Å². The number of ketones is 1. The maximum Gasteiger partial charge on any atom is 0.307 e. The average molecular weight is 270 g/mol. The van der Waals surface area contributed by atoms with Crippen molar-refractivity contribution in [3.63, 3.8) is 0 Å². The zero-order chi connectivity index (χ0) is 14.3. The first-order chi connectivity index (χ1) is 9.58. The summed E-state index contributed by atoms with van der Waals surface area (Å²) < 4.78 is 5.60. The van der Waals surface area contributed by atoms with Crippen molar-refractivity contribution in [2.45, 2.75) is 12.8 Å². The Labute approximate surface area is 113 Å². The fourth-order valence-corrected chi connectivity index (χ4v) is 2.35. The molecule has 1 N–H and O–H groups in total. The summed E-state index contributed by atoms with van der Waals surface area (Å²) in [6.45, 7) is 0. The Balaban J connectivity index is 2.33. The van der Waals surface area contributed by atoms with E-state index in [9.17, 15) is 14.4 Å². The van der Waals surface area contributed by atoms with Crippen LogP contribution in [0.15, 0.2) is 39.6 Å². The van der Waals surface area contributed by atoms with E-state index in [1.165, 1.54) is 6.08 Å². The molecule has 0 atom stereocenters. The molecule has 1 aliphatic carbocycles. The van der Waals surface area contributed by atoms with Crippen LogP contribution in [0.3, 0.4) is 0 Å². The number of hydrogen-bond acceptors (Lipinski definition) is 4. The van der Waals surface area contributed by atoms with E-state index in [0.717, 1.165) is 0 Å². The number of Topliss-reactive ketones (excluding diaryl/α,β-unsaturated/α-hetero) is 1. The standard InChI is InChI=1S/C15H10O5/c16-10-6-5-8(7-12(17)18)15-13(10)14(19)9-3-1-2-4-11(9)20-15/h1-5H,6-7H2,(H,17,18). The molecule has 0 spiro atoms. The topological polar surface area (TPSA) is 84.6 Å². The number of aliphatic carboxylic acids is 1. The number of carboxylic acid groups (broad SMARTS) is 1. The summed E-state index contributed by atoms with van der Waals surface area (Å²) in [5, 5.41) is 9.22. The largest absolute Gasteiger partial charge is 0.481 e. The first-order valence-electron chi connectivity index (χ1n) is 6.08. The average Bonchev–Trinajstić information content (AvgIpc) is 2.42. The molecule has 0 radical (unpaired) electrons. The van der Waals surface area contributed by atoms with Crippen molar-refractivity contribution in [1.82, 2.24) is 0 Å². The minimum absolute atomic E-state index is 0.0265. The van der Waals surface area contributed by atoms with Crippen molar-refractivity contribution in [2.24, 2.45) is 0 Å². The van der Waals surface area contributed by atoms with Crippen molar-refractivity contribution < 1.29 is 19.1 Å². The molecule has 0 unspecified atom stereocenters. The van der Waals surface area contributed by atoms with Crippen LogP contribution >= 0.6 is 0 Å². The highest BCUT2D eigenvalue weighted by molar-refractivity contribution is 6.06. The normalized spacial score (nSPS) is 14.0. The van der Waals surface area contributed by atoms with Crippen molar-refractivity contribution in [3.05, 3.63) is 51.9 Å². The number of para-hydroxylation sites is 1. The van der Waals surface area contributed by atoms with E-state index in [0.29, 0.717) is 16.5 Å². The van der Waals surface area contributed by atoms with Gasteiger partial charge in [0.1, 0.15) is 16.9 Å². The van der Waals surface area contributed by atoms with Crippen LogP contribution in [0.5, 0.6) is 0 Å². The van der Waals surface area contributed by atoms with E-state index in [-0.39, 0.29) is 29.9 Å². The summed E-state index contributed by atoms with van der Waals surface area (Å²) in [4.78, 5) is 35.2. The second-order valence-electron chi connectivity index (χ2n) is 4.56. The Bertz CT molecular complexity index is 826. The van der Waals surface area contributed by atoms with Crippen molar-refractivity contribution in [3.8, 4) is 0 Å². The van der Waals surface area contributed by atoms with E-state index < -0.39 is 11.4 Å². The highest BCUT2D eigenvalue weighted by atomic mass is 16.4. The number of benzene rings is 1. The first kappa shape index (κ1) is 12.3. The maximum atomic E-state index is 12.4. The summed E-state index contributed by atoms with van der Waals surface area (Å²) in [5.41, 5.74) is 0.280. The lowest BCUT2D eigenvalue weighted by Gasteiger charge is -2.14. The highest BCUT2D eigenvalue weighted by Crippen LogP contribution is 2.29. The molecule has 1 aromatic carbocycles. The molecule has 0 aliphatic heterocycles. The number of carbonyl (C=O) groups excluding carboxylic acids is 1. The summed E-state index contributed by atoms with van der Waals surface area (Å²) in [6, 6.07) is 6.61. The molecule has 0 fully saturated rings. The van der Waals surface area contributed by atoms with E-state index in [4.69, 9.17) is 9.52 Å². The van der Waals surface area contributed by atoms with Crippen LogP contribution in [0.4, 0.5) is 0 Å². The summed E-state index contributed by atoms with van der Waals surface area (Å²) in [7, 11) is 0. The SMILES string of the molecule is O=C(O)CC1=CCC(=O)c2c1oc1ccccc1c2=O. The van der Waals surface area contributed by atoms with Gasteiger partial charge in [-0.2, -0.15) is 0 Å². The number of carboxylic acids is 1. The smallest absolute Gasteiger partial charge is 0.307 e. The van der Waals surface area contributed by atoms with Gasteiger partial charge in [-0.1, -0.05) is 18.2 Å². The van der Waals surface area contributed by atoms with E-state index in [2.05, 4.69) is 0 Å². The Morgan fingerprint density at radius 3 is 2.75 bits per heavy atom. The molecule has 1 heterocycles. The van der Waals surface area contributed by atoms with Gasteiger partial charge in [0.05, 0.1) is 11.8 Å². The maximum absolute atomic E-state index is 12.4. The lowest BCUT2D eigenvalue weighted by molar-refractivity contribution is -0.135. The number of allylic oxidation sites excluding steroid dienone is 1. The van der Waals surface area contributed by atoms with Gasteiger partial charge in [0.15, 0.2) is 5.78 Å². The number of fused-ring (bicyclic) bond motifs is 2. The molecular weight excluding hydrogens is 260 g/mol. The van der Waals surface area contributed by atoms with Crippen molar-refractivity contribution in [1.29, 1.82) is 0 Å². The molecule has 0 saturated heterocycles. The second-order valence-corrected chi connectivity index (χ2v) is 4.56. The minimum atomic E-state index is -1.03.